The van der Waals surface area contributed by atoms with Crippen LogP contribution in [0, 0.1) is 10.1 Å². The molecule has 1 fully saturated rings. The Kier molecular flexibility index (Phi) is 8.09. The summed E-state index contributed by atoms with van der Waals surface area (Å²) in [5, 5.41) is 21.8. The van der Waals surface area contributed by atoms with Crippen molar-refractivity contribution in [1.29, 1.82) is 0 Å². The summed E-state index contributed by atoms with van der Waals surface area (Å²) in [4.78, 5) is 31.9. The Labute approximate surface area is 220 Å². The molecule has 4 rings (SSSR count). The number of amides is 1. The lowest BCUT2D eigenvalue weighted by molar-refractivity contribution is -0.385. The number of nitro groups is 1. The smallest absolute Gasteiger partial charge is 0.269 e. The zero-order valence-electron chi connectivity index (χ0n) is 21.0. The molecule has 1 saturated heterocycles. The van der Waals surface area contributed by atoms with Crippen molar-refractivity contribution in [3.05, 3.63) is 70.4 Å². The summed E-state index contributed by atoms with van der Waals surface area (Å²) in [7, 11) is -1.92. The normalized spacial score (nSPS) is 16.8. The highest BCUT2D eigenvalue weighted by molar-refractivity contribution is 7.92. The van der Waals surface area contributed by atoms with Gasteiger partial charge < -0.3 is 14.7 Å². The number of β-amino-alcohol motifs (C(OH)–C–C–N with tert-alkyl or cyclic N) is 1. The monoisotopic (exact) mass is 543 g/mol. The van der Waals surface area contributed by atoms with E-state index in [4.69, 9.17) is 4.74 Å². The van der Waals surface area contributed by atoms with E-state index in [0.29, 0.717) is 48.3 Å². The molecule has 0 saturated carbocycles. The highest BCUT2D eigenvalue weighted by Crippen LogP contribution is 2.31. The minimum absolute atomic E-state index is 0.0761. The van der Waals surface area contributed by atoms with E-state index < -0.39 is 27.1 Å². The number of likely N-dealkylation sites (N-methyl/N-ethyl adjacent to an activating group) is 1. The van der Waals surface area contributed by atoms with E-state index in [1.165, 1.54) is 29.3 Å². The number of carbonyl (C=O) groups is 1. The molecule has 0 spiro atoms. The van der Waals surface area contributed by atoms with E-state index in [1.807, 2.05) is 4.90 Å². The molecule has 12 nitrogen and oxygen atoms in total. The number of hydrogen-bond donors (Lipinski definition) is 2. The van der Waals surface area contributed by atoms with Gasteiger partial charge in [0.2, 0.25) is 10.0 Å². The number of fused-ring (bicyclic) bond motifs is 1. The molecule has 0 aliphatic carbocycles. The Bertz CT molecular complexity index is 1450. The molecule has 1 aromatic heterocycles. The van der Waals surface area contributed by atoms with Crippen molar-refractivity contribution >= 4 is 38.2 Å². The predicted molar refractivity (Wildman–Crippen MR) is 141 cm³/mol. The van der Waals surface area contributed by atoms with Crippen LogP contribution in [-0.2, 0) is 14.8 Å². The number of aliphatic hydroxyl groups is 1. The largest absolute Gasteiger partial charge is 0.483 e. The molecule has 2 atom stereocenters. The fourth-order valence-electron chi connectivity index (χ4n) is 4.49. The molecule has 0 bridgehead atoms. The maximum atomic E-state index is 13.3. The average Bonchev–Trinajstić information content (AvgIpc) is 3.30. The van der Waals surface area contributed by atoms with Crippen molar-refractivity contribution in [2.45, 2.75) is 18.6 Å². The Hall–Kier alpha value is -3.81. The summed E-state index contributed by atoms with van der Waals surface area (Å²) >= 11 is 0. The van der Waals surface area contributed by atoms with E-state index in [-0.39, 0.29) is 23.9 Å². The number of nitrogens with one attached hydrogen (secondary N) is 1. The molecule has 0 unspecified atom stereocenters. The van der Waals surface area contributed by atoms with Crippen LogP contribution < -0.4 is 9.46 Å². The van der Waals surface area contributed by atoms with E-state index in [1.54, 1.807) is 37.4 Å². The van der Waals surface area contributed by atoms with Crippen LogP contribution in [0.15, 0.2) is 54.7 Å². The number of hydrogen-bond acceptors (Lipinski definition) is 9. The van der Waals surface area contributed by atoms with Crippen molar-refractivity contribution in [2.75, 3.05) is 44.3 Å². The predicted octanol–water partition coefficient (Wildman–Crippen LogP) is 2.16. The molecule has 0 radical (unpaired) electrons. The number of sulfonamides is 1. The van der Waals surface area contributed by atoms with Gasteiger partial charge in [-0.1, -0.05) is 12.1 Å². The Morgan fingerprint density at radius 2 is 2.11 bits per heavy atom. The van der Waals surface area contributed by atoms with E-state index in [0.717, 1.165) is 6.26 Å². The molecule has 1 amide bonds. The number of pyridine rings is 1. The number of likely N-dealkylation sites (tertiary alicyclic amines) is 1. The van der Waals surface area contributed by atoms with Gasteiger partial charge >= 0.3 is 0 Å². The molecule has 38 heavy (non-hydrogen) atoms. The second-order valence-electron chi connectivity index (χ2n) is 9.25. The zero-order valence-corrected chi connectivity index (χ0v) is 21.8. The van der Waals surface area contributed by atoms with Gasteiger partial charge in [-0.05, 0) is 36.2 Å². The lowest BCUT2D eigenvalue weighted by atomic mass is 10.0. The molecule has 2 aromatic carbocycles. The SMILES string of the molecule is CN(C(=O)COc1ccc(NS(C)(=O)=O)c2ncccc12)[C@H](CN1CC[C@H](O)C1)c1cccc([N+](=O)[O-])c1. The van der Waals surface area contributed by atoms with Crippen molar-refractivity contribution in [2.24, 2.45) is 0 Å². The first-order chi connectivity index (χ1) is 18.0. The molecule has 2 heterocycles. The van der Waals surface area contributed by atoms with Crippen molar-refractivity contribution in [3.8, 4) is 5.75 Å². The number of benzene rings is 2. The van der Waals surface area contributed by atoms with Gasteiger partial charge in [0.15, 0.2) is 6.61 Å². The van der Waals surface area contributed by atoms with Gasteiger partial charge in [-0.3, -0.25) is 29.5 Å². The van der Waals surface area contributed by atoms with E-state index in [9.17, 15) is 28.4 Å². The molecular weight excluding hydrogens is 514 g/mol. The van der Waals surface area contributed by atoms with Crippen LogP contribution in [0.4, 0.5) is 11.4 Å². The maximum absolute atomic E-state index is 13.3. The zero-order chi connectivity index (χ0) is 27.4. The summed E-state index contributed by atoms with van der Waals surface area (Å²) in [6.45, 7) is 1.17. The molecule has 1 aliphatic heterocycles. The number of ether oxygens (including phenoxy) is 1. The molecule has 13 heteroatoms. The average molecular weight is 544 g/mol. The van der Waals surface area contributed by atoms with E-state index in [2.05, 4.69) is 9.71 Å². The third-order valence-corrected chi connectivity index (χ3v) is 6.97. The maximum Gasteiger partial charge on any atom is 0.269 e. The summed E-state index contributed by atoms with van der Waals surface area (Å²) in [6, 6.07) is 12.1. The Balaban J connectivity index is 1.55. The van der Waals surface area contributed by atoms with Gasteiger partial charge in [-0.25, -0.2) is 8.42 Å². The highest BCUT2D eigenvalue weighted by Gasteiger charge is 2.29. The molecular formula is C25H29N5O7S. The van der Waals surface area contributed by atoms with Crippen LogP contribution in [0.1, 0.15) is 18.0 Å². The standard InChI is InChI=1S/C25H29N5O7S/c1-28(22(15-29-12-10-19(31)14-29)17-5-3-6-18(13-17)30(33)34)24(32)16-37-23-9-8-21(27-38(2,35)36)25-20(23)7-4-11-26-25/h3-9,11,13,19,22,27,31H,10,12,14-16H2,1-2H3/t19-,22+/m0/s1. The summed E-state index contributed by atoms with van der Waals surface area (Å²) < 4.78 is 31.7. The summed E-state index contributed by atoms with van der Waals surface area (Å²) in [5.74, 6) is -0.0138. The number of anilines is 1. The first kappa shape index (κ1) is 27.2. The Morgan fingerprint density at radius 1 is 1.32 bits per heavy atom. The number of aliphatic hydroxyl groups excluding tert-OH is 1. The van der Waals surface area contributed by atoms with Gasteiger partial charge in [0.25, 0.3) is 11.6 Å². The third kappa shape index (κ3) is 6.54. The first-order valence-corrected chi connectivity index (χ1v) is 13.8. The van der Waals surface area contributed by atoms with Gasteiger partial charge in [0.1, 0.15) is 5.75 Å². The quantitative estimate of drug-likeness (QED) is 0.289. The van der Waals surface area contributed by atoms with Crippen LogP contribution in [0.3, 0.4) is 0 Å². The van der Waals surface area contributed by atoms with Gasteiger partial charge in [-0.15, -0.1) is 0 Å². The number of aromatic nitrogens is 1. The van der Waals surface area contributed by atoms with Crippen LogP contribution in [-0.4, -0.2) is 84.8 Å². The number of carbonyl (C=O) groups excluding carboxylic acids is 1. The fourth-order valence-corrected chi connectivity index (χ4v) is 5.05. The third-order valence-electron chi connectivity index (χ3n) is 6.38. The van der Waals surface area contributed by atoms with Crippen LogP contribution >= 0.6 is 0 Å². The molecule has 202 valence electrons. The number of non-ortho nitro benzene ring substituents is 1. The summed E-state index contributed by atoms with van der Waals surface area (Å²) in [5.41, 5.74) is 1.19. The number of nitro benzene ring substituents is 1. The molecule has 3 aromatic rings. The second-order valence-corrected chi connectivity index (χ2v) is 11.0. The number of nitrogens with zero attached hydrogens (tertiary/aromatic N) is 4. The van der Waals surface area contributed by atoms with Crippen molar-refractivity contribution in [1.82, 2.24) is 14.8 Å². The molecule has 1 aliphatic rings. The second kappa shape index (κ2) is 11.3. The van der Waals surface area contributed by atoms with Gasteiger partial charge in [0.05, 0.1) is 34.5 Å². The highest BCUT2D eigenvalue weighted by atomic mass is 32.2. The van der Waals surface area contributed by atoms with Gasteiger partial charge in [0, 0.05) is 50.4 Å². The van der Waals surface area contributed by atoms with Crippen LogP contribution in [0.25, 0.3) is 10.9 Å². The number of rotatable bonds is 10. The summed E-state index contributed by atoms with van der Waals surface area (Å²) in [6.07, 6.45) is 2.74. The van der Waals surface area contributed by atoms with Gasteiger partial charge in [-0.2, -0.15) is 0 Å². The minimum atomic E-state index is -3.53. The first-order valence-electron chi connectivity index (χ1n) is 11.9. The van der Waals surface area contributed by atoms with Crippen molar-refractivity contribution in [3.63, 3.8) is 0 Å². The van der Waals surface area contributed by atoms with Crippen LogP contribution in [0.2, 0.25) is 0 Å². The lowest BCUT2D eigenvalue weighted by Crippen LogP contribution is -2.41. The lowest BCUT2D eigenvalue weighted by Gasteiger charge is -2.32. The van der Waals surface area contributed by atoms with Crippen molar-refractivity contribution < 1.29 is 28.0 Å². The molecule has 2 N–H and O–H groups in total. The fraction of sp³-hybridized carbons (Fsp3) is 0.360. The Morgan fingerprint density at radius 3 is 2.79 bits per heavy atom. The van der Waals surface area contributed by atoms with E-state index >= 15 is 0 Å². The topological polar surface area (TPSA) is 155 Å². The van der Waals surface area contributed by atoms with Crippen LogP contribution in [0.5, 0.6) is 5.75 Å². The minimum Gasteiger partial charge on any atom is -0.483 e.